The number of anilines is 2. The van der Waals surface area contributed by atoms with Crippen LogP contribution in [-0.2, 0) is 14.4 Å². The zero-order chi connectivity index (χ0) is 26.3. The molecule has 2 aliphatic rings. The standard InChI is InChI=1S/C29H25N3O3S2/c1-17-13-14-22(18(2)15-17)30-24(33)16-31-23-12-8-7-11-21(23)25(27(31)34)26-28(35)32(29(36)37-26)19(3)20-9-5-4-6-10-20/h4-15,19H,16H2,1-3H3,(H,30,33)/b26-25-/t19-/m1/s1. The monoisotopic (exact) mass is 527 g/mol. The first kappa shape index (κ1) is 24.9. The lowest BCUT2D eigenvalue weighted by Crippen LogP contribution is -2.36. The normalized spacial score (nSPS) is 17.9. The minimum Gasteiger partial charge on any atom is -0.324 e. The molecular formula is C29H25N3O3S2. The van der Waals surface area contributed by atoms with Crippen molar-refractivity contribution in [3.8, 4) is 0 Å². The summed E-state index contributed by atoms with van der Waals surface area (Å²) in [5, 5.41) is 2.91. The van der Waals surface area contributed by atoms with E-state index in [1.54, 1.807) is 17.0 Å². The van der Waals surface area contributed by atoms with Crippen molar-refractivity contribution >= 4 is 63.0 Å². The lowest BCUT2D eigenvalue weighted by atomic mass is 10.1. The number of aryl methyl sites for hydroxylation is 2. The number of fused-ring (bicyclic) bond motifs is 1. The van der Waals surface area contributed by atoms with Crippen LogP contribution in [0, 0.1) is 13.8 Å². The Morgan fingerprint density at radius 2 is 1.68 bits per heavy atom. The number of thiocarbonyl (C=S) groups is 1. The van der Waals surface area contributed by atoms with Gasteiger partial charge in [0.25, 0.3) is 11.8 Å². The van der Waals surface area contributed by atoms with Gasteiger partial charge in [-0.2, -0.15) is 0 Å². The Morgan fingerprint density at radius 3 is 2.41 bits per heavy atom. The SMILES string of the molecule is Cc1ccc(NC(=O)CN2C(=O)/C(=C3\SC(=S)N([C@H](C)c4ccccc4)C3=O)c3ccccc32)c(C)c1. The number of nitrogens with zero attached hydrogens (tertiary/aromatic N) is 2. The van der Waals surface area contributed by atoms with Gasteiger partial charge in [-0.25, -0.2) is 0 Å². The van der Waals surface area contributed by atoms with Crippen molar-refractivity contribution in [1.82, 2.24) is 4.90 Å². The van der Waals surface area contributed by atoms with Gasteiger partial charge in [0.2, 0.25) is 5.91 Å². The Balaban J connectivity index is 1.45. The molecule has 0 spiro atoms. The number of hydrogen-bond acceptors (Lipinski definition) is 5. The number of thioether (sulfide) groups is 1. The third-order valence-corrected chi connectivity index (χ3v) is 7.98. The lowest BCUT2D eigenvalue weighted by molar-refractivity contribution is -0.123. The van der Waals surface area contributed by atoms with Crippen LogP contribution in [-0.4, -0.2) is 33.5 Å². The minimum atomic E-state index is -0.384. The molecule has 1 fully saturated rings. The number of benzene rings is 3. The molecule has 1 atom stereocenters. The van der Waals surface area contributed by atoms with Gasteiger partial charge in [-0.1, -0.05) is 90.2 Å². The molecule has 0 radical (unpaired) electrons. The Hall–Kier alpha value is -3.75. The second-order valence-electron chi connectivity index (χ2n) is 9.11. The van der Waals surface area contributed by atoms with E-state index in [9.17, 15) is 14.4 Å². The van der Waals surface area contributed by atoms with Gasteiger partial charge in [-0.15, -0.1) is 0 Å². The number of amides is 3. The van der Waals surface area contributed by atoms with Crippen molar-refractivity contribution in [2.45, 2.75) is 26.8 Å². The molecule has 3 aromatic rings. The van der Waals surface area contributed by atoms with Crippen molar-refractivity contribution in [1.29, 1.82) is 0 Å². The molecular weight excluding hydrogens is 502 g/mol. The van der Waals surface area contributed by atoms with Crippen molar-refractivity contribution in [3.05, 3.63) is 100.0 Å². The van der Waals surface area contributed by atoms with E-state index in [4.69, 9.17) is 12.2 Å². The van der Waals surface area contributed by atoms with Gasteiger partial charge in [0.05, 0.1) is 22.2 Å². The summed E-state index contributed by atoms with van der Waals surface area (Å²) in [7, 11) is 0. The fourth-order valence-electron chi connectivity index (χ4n) is 4.69. The van der Waals surface area contributed by atoms with Gasteiger partial charge in [-0.05, 0) is 44.0 Å². The van der Waals surface area contributed by atoms with E-state index in [0.29, 0.717) is 26.2 Å². The van der Waals surface area contributed by atoms with E-state index in [2.05, 4.69) is 5.32 Å². The summed E-state index contributed by atoms with van der Waals surface area (Å²) in [5.41, 5.74) is 5.20. The summed E-state index contributed by atoms with van der Waals surface area (Å²) in [6.45, 7) is 5.66. The first-order valence-electron chi connectivity index (χ1n) is 11.9. The average Bonchev–Trinajstić information content (AvgIpc) is 3.32. The van der Waals surface area contributed by atoms with Crippen LogP contribution in [0.3, 0.4) is 0 Å². The summed E-state index contributed by atoms with van der Waals surface area (Å²) in [6.07, 6.45) is 0. The highest BCUT2D eigenvalue weighted by Gasteiger charge is 2.43. The third-order valence-electron chi connectivity index (χ3n) is 6.58. The topological polar surface area (TPSA) is 69.7 Å². The summed E-state index contributed by atoms with van der Waals surface area (Å²) in [6, 6.07) is 22.4. The van der Waals surface area contributed by atoms with Crippen molar-refractivity contribution in [3.63, 3.8) is 0 Å². The molecule has 6 nitrogen and oxygen atoms in total. The second kappa shape index (κ2) is 9.95. The molecule has 0 aliphatic carbocycles. The van der Waals surface area contributed by atoms with Crippen LogP contribution in [0.4, 0.5) is 11.4 Å². The van der Waals surface area contributed by atoms with E-state index in [0.717, 1.165) is 28.5 Å². The van der Waals surface area contributed by atoms with Crippen LogP contribution < -0.4 is 10.2 Å². The van der Waals surface area contributed by atoms with Gasteiger partial charge >= 0.3 is 0 Å². The quantitative estimate of drug-likeness (QED) is 0.345. The lowest BCUT2D eigenvalue weighted by Gasteiger charge is -2.23. The molecule has 1 N–H and O–H groups in total. The van der Waals surface area contributed by atoms with Crippen LogP contribution in [0.5, 0.6) is 0 Å². The molecule has 2 aliphatic heterocycles. The number of hydrogen-bond donors (Lipinski definition) is 1. The predicted molar refractivity (Wildman–Crippen MR) is 152 cm³/mol. The third kappa shape index (κ3) is 4.58. The Labute approximate surface area is 225 Å². The van der Waals surface area contributed by atoms with Crippen LogP contribution in [0.1, 0.15) is 35.2 Å². The van der Waals surface area contributed by atoms with Gasteiger partial charge in [0.1, 0.15) is 10.9 Å². The highest BCUT2D eigenvalue weighted by Crippen LogP contribution is 2.46. The highest BCUT2D eigenvalue weighted by atomic mass is 32.2. The largest absolute Gasteiger partial charge is 0.324 e. The summed E-state index contributed by atoms with van der Waals surface area (Å²) < 4.78 is 0.403. The maximum absolute atomic E-state index is 13.7. The molecule has 3 amide bonds. The minimum absolute atomic E-state index is 0.173. The first-order chi connectivity index (χ1) is 17.8. The van der Waals surface area contributed by atoms with Crippen molar-refractivity contribution in [2.75, 3.05) is 16.8 Å². The van der Waals surface area contributed by atoms with E-state index in [1.807, 2.05) is 81.4 Å². The summed E-state index contributed by atoms with van der Waals surface area (Å²) in [5.74, 6) is -1.00. The fourth-order valence-corrected chi connectivity index (χ4v) is 6.18. The zero-order valence-corrected chi connectivity index (χ0v) is 22.3. The molecule has 1 saturated heterocycles. The number of nitrogens with one attached hydrogen (secondary N) is 1. The van der Waals surface area contributed by atoms with E-state index in [1.165, 1.54) is 4.90 Å². The summed E-state index contributed by atoms with van der Waals surface area (Å²) in [4.78, 5) is 43.6. The van der Waals surface area contributed by atoms with Crippen LogP contribution in [0.2, 0.25) is 0 Å². The van der Waals surface area contributed by atoms with Crippen LogP contribution >= 0.6 is 24.0 Å². The van der Waals surface area contributed by atoms with Gasteiger partial charge in [0.15, 0.2) is 0 Å². The molecule has 0 aromatic heterocycles. The van der Waals surface area contributed by atoms with Gasteiger partial charge < -0.3 is 5.32 Å². The Morgan fingerprint density at radius 1 is 0.973 bits per heavy atom. The van der Waals surface area contributed by atoms with Crippen molar-refractivity contribution < 1.29 is 14.4 Å². The Kier molecular flexibility index (Phi) is 6.70. The smallest absolute Gasteiger partial charge is 0.267 e. The zero-order valence-electron chi connectivity index (χ0n) is 20.6. The highest BCUT2D eigenvalue weighted by molar-refractivity contribution is 8.26. The molecule has 5 rings (SSSR count). The molecule has 0 bridgehead atoms. The maximum Gasteiger partial charge on any atom is 0.267 e. The number of carbonyl (C=O) groups is 3. The number of carbonyl (C=O) groups excluding carboxylic acids is 3. The number of rotatable bonds is 5. The van der Waals surface area contributed by atoms with Gasteiger partial charge in [-0.3, -0.25) is 24.2 Å². The second-order valence-corrected chi connectivity index (χ2v) is 10.8. The number of para-hydroxylation sites is 1. The van der Waals surface area contributed by atoms with Crippen LogP contribution in [0.15, 0.2) is 77.7 Å². The predicted octanol–water partition coefficient (Wildman–Crippen LogP) is 5.62. The summed E-state index contributed by atoms with van der Waals surface area (Å²) >= 11 is 6.72. The molecule has 37 heavy (non-hydrogen) atoms. The van der Waals surface area contributed by atoms with Crippen molar-refractivity contribution in [2.24, 2.45) is 0 Å². The molecule has 3 aromatic carbocycles. The Bertz CT molecular complexity index is 1480. The molecule has 0 unspecified atom stereocenters. The molecule has 2 heterocycles. The molecule has 8 heteroatoms. The van der Waals surface area contributed by atoms with Crippen LogP contribution in [0.25, 0.3) is 5.57 Å². The maximum atomic E-state index is 13.7. The van der Waals surface area contributed by atoms with E-state index in [-0.39, 0.29) is 35.9 Å². The molecule has 186 valence electrons. The van der Waals surface area contributed by atoms with E-state index < -0.39 is 0 Å². The molecule has 0 saturated carbocycles. The van der Waals surface area contributed by atoms with E-state index >= 15 is 0 Å². The van der Waals surface area contributed by atoms with Gasteiger partial charge in [0, 0.05) is 11.3 Å². The average molecular weight is 528 g/mol. The first-order valence-corrected chi connectivity index (χ1v) is 13.1. The fraction of sp³-hybridized carbons (Fsp3) is 0.172.